The van der Waals surface area contributed by atoms with E-state index >= 15 is 0 Å². The number of thioether (sulfide) groups is 1. The lowest BCUT2D eigenvalue weighted by Gasteiger charge is -2.18. The summed E-state index contributed by atoms with van der Waals surface area (Å²) in [6, 6.07) is 40.4. The van der Waals surface area contributed by atoms with Gasteiger partial charge in [0.15, 0.2) is 0 Å². The van der Waals surface area contributed by atoms with E-state index in [9.17, 15) is 14.4 Å². The van der Waals surface area contributed by atoms with Gasteiger partial charge in [0, 0.05) is 16.1 Å². The van der Waals surface area contributed by atoms with Crippen LogP contribution in [-0.4, -0.2) is 24.8 Å². The molecule has 0 aliphatic carbocycles. The van der Waals surface area contributed by atoms with Crippen LogP contribution >= 0.6 is 11.8 Å². The zero-order chi connectivity index (χ0) is 32.3. The predicted octanol–water partition coefficient (Wildman–Crippen LogP) is 7.89. The summed E-state index contributed by atoms with van der Waals surface area (Å²) in [5, 5.41) is 8.12. The summed E-state index contributed by atoms with van der Waals surface area (Å²) in [6.07, 6.45) is 1.67. The Kier molecular flexibility index (Phi) is 10.7. The smallest absolute Gasteiger partial charge is 0.272 e. The third-order valence-electron chi connectivity index (χ3n) is 7.09. The Bertz CT molecular complexity index is 1840. The second-order valence-electron chi connectivity index (χ2n) is 10.3. The number of carbonyl (C=O) groups is 3. The van der Waals surface area contributed by atoms with Crippen LogP contribution in [0.4, 0.5) is 11.4 Å². The molecule has 0 bridgehead atoms. The molecule has 8 heteroatoms. The van der Waals surface area contributed by atoms with Crippen LogP contribution in [-0.2, 0) is 9.59 Å². The highest BCUT2D eigenvalue weighted by Crippen LogP contribution is 2.37. The Balaban J connectivity index is 1.34. The summed E-state index contributed by atoms with van der Waals surface area (Å²) in [5.41, 5.74) is 4.29. The molecule has 0 spiro atoms. The lowest BCUT2D eigenvalue weighted by molar-refractivity contribution is -0.116. The average Bonchev–Trinajstić information content (AvgIpc) is 3.09. The van der Waals surface area contributed by atoms with Crippen LogP contribution in [0.5, 0.6) is 5.75 Å². The topological polar surface area (TPSA) is 96.5 Å². The first-order valence-electron chi connectivity index (χ1n) is 14.6. The monoisotopic (exact) mass is 627 g/mol. The number of carbonyl (C=O) groups excluding carboxylic acids is 3. The van der Waals surface area contributed by atoms with Crippen molar-refractivity contribution in [1.29, 1.82) is 0 Å². The Morgan fingerprint density at radius 1 is 0.717 bits per heavy atom. The van der Waals surface area contributed by atoms with Crippen LogP contribution in [0.15, 0.2) is 144 Å². The number of nitrogens with one attached hydrogen (secondary N) is 3. The van der Waals surface area contributed by atoms with E-state index in [4.69, 9.17) is 4.74 Å². The van der Waals surface area contributed by atoms with Crippen LogP contribution in [0.1, 0.15) is 32.3 Å². The maximum atomic E-state index is 13.6. The van der Waals surface area contributed by atoms with Crippen LogP contribution in [0, 0.1) is 6.92 Å². The molecule has 0 saturated carbocycles. The van der Waals surface area contributed by atoms with E-state index in [1.165, 1.54) is 11.8 Å². The van der Waals surface area contributed by atoms with E-state index in [1.807, 2.05) is 91.9 Å². The fourth-order valence-corrected chi connectivity index (χ4v) is 5.67. The van der Waals surface area contributed by atoms with E-state index in [2.05, 4.69) is 16.0 Å². The number of aryl methyl sites for hydroxylation is 1. The number of ether oxygens (including phenoxy) is 1. The van der Waals surface area contributed by atoms with Gasteiger partial charge in [-0.1, -0.05) is 84.9 Å². The number of para-hydroxylation sites is 2. The molecule has 0 aliphatic rings. The van der Waals surface area contributed by atoms with Crippen molar-refractivity contribution in [2.45, 2.75) is 17.1 Å². The summed E-state index contributed by atoms with van der Waals surface area (Å²) < 4.78 is 5.41. The van der Waals surface area contributed by atoms with E-state index < -0.39 is 11.2 Å². The van der Waals surface area contributed by atoms with Gasteiger partial charge in [-0.25, -0.2) is 0 Å². The lowest BCUT2D eigenvalue weighted by Crippen LogP contribution is -2.30. The molecule has 230 valence electrons. The minimum Gasteiger partial charge on any atom is -0.495 e. The Morgan fingerprint density at radius 2 is 1.35 bits per heavy atom. The molecular weight excluding hydrogens is 595 g/mol. The molecule has 0 heterocycles. The van der Waals surface area contributed by atoms with Crippen molar-refractivity contribution in [1.82, 2.24) is 5.32 Å². The number of hydrogen-bond acceptors (Lipinski definition) is 5. The van der Waals surface area contributed by atoms with Crippen LogP contribution in [0.2, 0.25) is 0 Å². The second-order valence-corrected chi connectivity index (χ2v) is 11.5. The number of methoxy groups -OCH3 is 1. The van der Waals surface area contributed by atoms with Gasteiger partial charge in [-0.05, 0) is 78.2 Å². The average molecular weight is 628 g/mol. The molecule has 0 saturated heterocycles. The molecule has 7 nitrogen and oxygen atoms in total. The molecule has 1 atom stereocenters. The fourth-order valence-electron chi connectivity index (χ4n) is 4.64. The first kappa shape index (κ1) is 31.8. The van der Waals surface area contributed by atoms with Gasteiger partial charge in [0.25, 0.3) is 11.8 Å². The minimum absolute atomic E-state index is 0.110. The predicted molar refractivity (Wildman–Crippen MR) is 185 cm³/mol. The zero-order valence-corrected chi connectivity index (χ0v) is 26.2. The third kappa shape index (κ3) is 8.31. The fraction of sp³-hybridized carbons (Fsp3) is 0.0789. The first-order valence-corrected chi connectivity index (χ1v) is 15.5. The number of amides is 3. The molecule has 3 amide bonds. The standard InChI is InChI=1S/C38H33N3O4S/c1-26-13-9-10-18-29(26)25-33(41-36(42)28-16-7-4-8-17-28)37(43)39-30-21-23-31(24-22-30)46-35(27-14-5-3-6-15-27)38(44)40-32-19-11-12-20-34(32)45-2/h3-25,35H,1-2H3,(H,39,43)(H,40,44)(H,41,42)/b33-25-. The molecule has 5 rings (SSSR count). The van der Waals surface area contributed by atoms with E-state index in [-0.39, 0.29) is 17.5 Å². The largest absolute Gasteiger partial charge is 0.495 e. The molecule has 0 aromatic heterocycles. The number of hydrogen-bond donors (Lipinski definition) is 3. The Morgan fingerprint density at radius 3 is 2.04 bits per heavy atom. The van der Waals surface area contributed by atoms with Gasteiger partial charge in [-0.3, -0.25) is 14.4 Å². The summed E-state index contributed by atoms with van der Waals surface area (Å²) in [4.78, 5) is 40.9. The van der Waals surface area contributed by atoms with Crippen molar-refractivity contribution < 1.29 is 19.1 Å². The molecular formula is C38H33N3O4S. The zero-order valence-electron chi connectivity index (χ0n) is 25.4. The summed E-state index contributed by atoms with van der Waals surface area (Å²) in [7, 11) is 1.56. The highest BCUT2D eigenvalue weighted by atomic mass is 32.2. The molecule has 5 aromatic carbocycles. The quantitative estimate of drug-likeness (QED) is 0.102. The molecule has 0 radical (unpaired) electrons. The van der Waals surface area contributed by atoms with Gasteiger partial charge in [0.05, 0.1) is 12.8 Å². The Labute approximate surface area is 272 Å². The molecule has 0 fully saturated rings. The van der Waals surface area contributed by atoms with Crippen molar-refractivity contribution >= 4 is 46.9 Å². The van der Waals surface area contributed by atoms with Crippen LogP contribution < -0.4 is 20.7 Å². The number of rotatable bonds is 11. The lowest BCUT2D eigenvalue weighted by atomic mass is 10.1. The molecule has 0 aliphatic heterocycles. The molecule has 1 unspecified atom stereocenters. The van der Waals surface area contributed by atoms with E-state index in [1.54, 1.807) is 61.7 Å². The highest BCUT2D eigenvalue weighted by Gasteiger charge is 2.23. The highest BCUT2D eigenvalue weighted by molar-refractivity contribution is 8.00. The minimum atomic E-state index is -0.552. The van der Waals surface area contributed by atoms with Gasteiger partial charge in [0.2, 0.25) is 5.91 Å². The van der Waals surface area contributed by atoms with E-state index in [0.717, 1.165) is 21.6 Å². The molecule has 3 N–H and O–H groups in total. The Hall–Kier alpha value is -5.60. The van der Waals surface area contributed by atoms with Crippen molar-refractivity contribution in [2.24, 2.45) is 0 Å². The van der Waals surface area contributed by atoms with Gasteiger partial charge in [-0.2, -0.15) is 0 Å². The van der Waals surface area contributed by atoms with Crippen molar-refractivity contribution in [2.75, 3.05) is 17.7 Å². The van der Waals surface area contributed by atoms with Crippen molar-refractivity contribution in [3.05, 3.63) is 161 Å². The van der Waals surface area contributed by atoms with Crippen molar-refractivity contribution in [3.63, 3.8) is 0 Å². The van der Waals surface area contributed by atoms with Crippen LogP contribution in [0.25, 0.3) is 6.08 Å². The third-order valence-corrected chi connectivity index (χ3v) is 8.35. The maximum Gasteiger partial charge on any atom is 0.272 e. The SMILES string of the molecule is COc1ccccc1NC(=O)C(Sc1ccc(NC(=O)/C(=C/c2ccccc2C)NC(=O)c2ccccc2)cc1)c1ccccc1. The number of benzene rings is 5. The maximum absolute atomic E-state index is 13.6. The van der Waals surface area contributed by atoms with Gasteiger partial charge < -0.3 is 20.7 Å². The molecule has 46 heavy (non-hydrogen) atoms. The van der Waals surface area contributed by atoms with Gasteiger partial charge in [-0.15, -0.1) is 11.8 Å². The molecule has 5 aromatic rings. The number of anilines is 2. The second kappa shape index (κ2) is 15.4. The van der Waals surface area contributed by atoms with Crippen molar-refractivity contribution in [3.8, 4) is 5.75 Å². The van der Waals surface area contributed by atoms with Gasteiger partial charge >= 0.3 is 0 Å². The van der Waals surface area contributed by atoms with Gasteiger partial charge in [0.1, 0.15) is 16.7 Å². The summed E-state index contributed by atoms with van der Waals surface area (Å²) >= 11 is 1.39. The summed E-state index contributed by atoms with van der Waals surface area (Å²) in [5.74, 6) is -0.478. The van der Waals surface area contributed by atoms with Crippen LogP contribution in [0.3, 0.4) is 0 Å². The normalized spacial score (nSPS) is 11.7. The van der Waals surface area contributed by atoms with E-state index in [0.29, 0.717) is 22.7 Å². The first-order chi connectivity index (χ1) is 22.4. The summed E-state index contributed by atoms with van der Waals surface area (Å²) in [6.45, 7) is 1.94.